The number of fused-ring (bicyclic) bond motifs is 1. The topological polar surface area (TPSA) is 74.6 Å². The molecule has 0 heterocycles. The van der Waals surface area contributed by atoms with Crippen LogP contribution in [0.2, 0.25) is 18.1 Å². The summed E-state index contributed by atoms with van der Waals surface area (Å²) in [6, 6.07) is 8.93. The van der Waals surface area contributed by atoms with Crippen LogP contribution in [0.1, 0.15) is 92.4 Å². The molecule has 0 spiro atoms. The first-order valence-electron chi connectivity index (χ1n) is 14.2. The van der Waals surface area contributed by atoms with Gasteiger partial charge in [-0.05, 0) is 112 Å². The smallest absolute Gasteiger partial charge is 0.188 e. The van der Waals surface area contributed by atoms with Gasteiger partial charge in [-0.25, -0.2) is 8.42 Å². The molecule has 206 valence electrons. The Bertz CT molecular complexity index is 961. The van der Waals surface area contributed by atoms with Crippen LogP contribution in [0.25, 0.3) is 0 Å². The van der Waals surface area contributed by atoms with Gasteiger partial charge >= 0.3 is 0 Å². The van der Waals surface area contributed by atoms with Crippen molar-refractivity contribution in [2.45, 2.75) is 121 Å². The Hall–Kier alpha value is -0.693. The van der Waals surface area contributed by atoms with Gasteiger partial charge in [-0.2, -0.15) is 0 Å². The molecule has 3 unspecified atom stereocenters. The van der Waals surface area contributed by atoms with Crippen molar-refractivity contribution in [3.8, 4) is 0 Å². The van der Waals surface area contributed by atoms with Crippen LogP contribution < -0.4 is 0 Å². The van der Waals surface area contributed by atoms with Gasteiger partial charge in [0, 0.05) is 0 Å². The Balaban J connectivity index is 1.86. The number of rotatable bonds is 11. The van der Waals surface area contributed by atoms with Gasteiger partial charge in [0.2, 0.25) is 0 Å². The summed E-state index contributed by atoms with van der Waals surface area (Å²) >= 11 is 0. The number of benzene rings is 1. The molecule has 0 saturated heterocycles. The molecule has 2 N–H and O–H groups in total. The second-order valence-corrected chi connectivity index (χ2v) is 20.7. The number of hydrogen-bond donors (Lipinski definition) is 2. The summed E-state index contributed by atoms with van der Waals surface area (Å²) < 4.78 is 27.0. The highest BCUT2D eigenvalue weighted by atomic mass is 32.2. The van der Waals surface area contributed by atoms with E-state index in [-0.39, 0.29) is 22.1 Å². The molecule has 4 nitrogen and oxygen atoms in total. The summed E-state index contributed by atoms with van der Waals surface area (Å²) in [6.07, 6.45) is 9.30. The van der Waals surface area contributed by atoms with Gasteiger partial charge in [-0.3, -0.25) is 0 Å². The van der Waals surface area contributed by atoms with Crippen molar-refractivity contribution < 1.29 is 18.3 Å². The van der Waals surface area contributed by atoms with Gasteiger partial charge in [0.15, 0.2) is 18.2 Å². The maximum atomic E-state index is 13.5. The van der Waals surface area contributed by atoms with Crippen LogP contribution in [0, 0.1) is 29.1 Å². The minimum Gasteiger partial charge on any atom is -0.432 e. The molecule has 2 aliphatic carbocycles. The zero-order valence-corrected chi connectivity index (χ0v) is 25.7. The third kappa shape index (κ3) is 6.84. The van der Waals surface area contributed by atoms with Crippen molar-refractivity contribution in [1.29, 1.82) is 0 Å². The van der Waals surface area contributed by atoms with E-state index in [0.29, 0.717) is 29.1 Å². The van der Waals surface area contributed by atoms with E-state index >= 15 is 0 Å². The Morgan fingerprint density at radius 1 is 1.08 bits per heavy atom. The quantitative estimate of drug-likeness (QED) is 0.293. The van der Waals surface area contributed by atoms with Gasteiger partial charge in [-0.1, -0.05) is 58.2 Å². The molecular weight excluding hydrogens is 484 g/mol. The van der Waals surface area contributed by atoms with E-state index in [0.717, 1.165) is 25.7 Å². The van der Waals surface area contributed by atoms with E-state index in [2.05, 4.69) is 33.9 Å². The van der Waals surface area contributed by atoms with Gasteiger partial charge in [0.1, 0.15) is 0 Å². The number of aliphatic hydroxyl groups is 1. The Morgan fingerprint density at radius 3 is 2.31 bits per heavy atom. The number of hydrogen-bond acceptors (Lipinski definition) is 4. The molecular formula is C30H52O4SSi. The Morgan fingerprint density at radius 2 is 1.72 bits per heavy atom. The van der Waals surface area contributed by atoms with Crippen LogP contribution in [0.4, 0.5) is 0 Å². The highest BCUT2D eigenvalue weighted by molar-refractivity contribution is 7.91. The molecule has 0 aromatic heterocycles. The molecule has 6 heteroatoms. The normalized spacial score (nSPS) is 28.6. The average Bonchev–Trinajstić information content (AvgIpc) is 3.09. The van der Waals surface area contributed by atoms with Crippen LogP contribution in [0.5, 0.6) is 0 Å². The molecule has 2 aliphatic rings. The lowest BCUT2D eigenvalue weighted by Crippen LogP contribution is -2.45. The van der Waals surface area contributed by atoms with Gasteiger partial charge in [0.25, 0.3) is 0 Å². The van der Waals surface area contributed by atoms with E-state index in [1.54, 1.807) is 12.1 Å². The van der Waals surface area contributed by atoms with Crippen LogP contribution in [-0.4, -0.2) is 38.0 Å². The van der Waals surface area contributed by atoms with E-state index in [9.17, 15) is 18.3 Å². The third-order valence-corrected chi connectivity index (χ3v) is 15.6. The monoisotopic (exact) mass is 536 g/mol. The molecule has 2 fully saturated rings. The summed E-state index contributed by atoms with van der Waals surface area (Å²) in [7, 11) is -5.66. The van der Waals surface area contributed by atoms with Crippen molar-refractivity contribution in [3.63, 3.8) is 0 Å². The minimum atomic E-state index is -3.38. The van der Waals surface area contributed by atoms with Crippen LogP contribution in [-0.2, 0) is 9.84 Å². The van der Waals surface area contributed by atoms with Crippen LogP contribution in [0.15, 0.2) is 35.2 Å². The molecule has 0 aliphatic heterocycles. The van der Waals surface area contributed by atoms with Gasteiger partial charge in [-0.15, -0.1) is 0 Å². The highest BCUT2D eigenvalue weighted by Gasteiger charge is 2.55. The maximum absolute atomic E-state index is 13.5. The third-order valence-electron chi connectivity index (χ3n) is 10.2. The molecule has 5 atom stereocenters. The first-order chi connectivity index (χ1) is 16.5. The standard InChI is InChI=1S/C30H52O4SSi/c1-28(2,31)19-11-14-24(22-35(32,33)25-15-9-8-10-16-25)27-18-17-26-23(13-12-20-30(26,27)5)21-29(3,4)36(6,7)34/h8-10,15-16,23-24,26-27,31,34H,11-14,17-22H2,1-7H3/t23-,24?,26?,27?,30+/m1/s1. The SMILES string of the molecule is CC(C)(O)CCCC(CS(=O)(=O)c1ccccc1)C1CCC2[C@@H](CC(C)(C)[Si](C)(C)O)CCC[C@]12C. The van der Waals surface area contributed by atoms with Crippen LogP contribution >= 0.6 is 0 Å². The van der Waals surface area contributed by atoms with Crippen molar-refractivity contribution in [1.82, 2.24) is 0 Å². The van der Waals surface area contributed by atoms with Crippen LogP contribution in [0.3, 0.4) is 0 Å². The molecule has 1 aromatic carbocycles. The molecule has 0 radical (unpaired) electrons. The van der Waals surface area contributed by atoms with E-state index in [1.807, 2.05) is 32.0 Å². The summed E-state index contributed by atoms with van der Waals surface area (Å²) in [4.78, 5) is 11.4. The first-order valence-corrected chi connectivity index (χ1v) is 18.8. The molecule has 0 amide bonds. The molecule has 0 bridgehead atoms. The van der Waals surface area contributed by atoms with Gasteiger partial charge < -0.3 is 9.90 Å². The fourth-order valence-electron chi connectivity index (χ4n) is 7.51. The summed E-state index contributed by atoms with van der Waals surface area (Å²) in [6.45, 7) is 14.8. The second kappa shape index (κ2) is 10.8. The predicted octanol–water partition coefficient (Wildman–Crippen LogP) is 7.22. The fourth-order valence-corrected chi connectivity index (χ4v) is 10.0. The predicted molar refractivity (Wildman–Crippen MR) is 152 cm³/mol. The van der Waals surface area contributed by atoms with Crippen molar-refractivity contribution in [2.75, 3.05) is 5.75 Å². The number of sulfone groups is 1. The van der Waals surface area contributed by atoms with Crippen molar-refractivity contribution >= 4 is 18.2 Å². The fraction of sp³-hybridized carbons (Fsp3) is 0.800. The Kier molecular flexibility index (Phi) is 8.97. The van der Waals surface area contributed by atoms with E-state index < -0.39 is 23.8 Å². The highest BCUT2D eigenvalue weighted by Crippen LogP contribution is 2.62. The molecule has 2 saturated carbocycles. The Labute approximate surface area is 222 Å². The lowest BCUT2D eigenvalue weighted by atomic mass is 9.58. The zero-order chi connectivity index (χ0) is 27.0. The van der Waals surface area contributed by atoms with Crippen molar-refractivity contribution in [3.05, 3.63) is 30.3 Å². The van der Waals surface area contributed by atoms with Gasteiger partial charge in [0.05, 0.1) is 16.2 Å². The molecule has 36 heavy (non-hydrogen) atoms. The minimum absolute atomic E-state index is 0.0310. The van der Waals surface area contributed by atoms with E-state index in [1.165, 1.54) is 25.7 Å². The first kappa shape index (κ1) is 29.9. The van der Waals surface area contributed by atoms with Crippen molar-refractivity contribution in [2.24, 2.45) is 29.1 Å². The lowest BCUT2D eigenvalue weighted by molar-refractivity contribution is 0.0194. The largest absolute Gasteiger partial charge is 0.432 e. The molecule has 1 aromatic rings. The summed E-state index contributed by atoms with van der Waals surface area (Å²) in [5.41, 5.74) is -0.584. The maximum Gasteiger partial charge on any atom is 0.188 e. The average molecular weight is 537 g/mol. The van der Waals surface area contributed by atoms with E-state index in [4.69, 9.17) is 0 Å². The second-order valence-electron chi connectivity index (χ2n) is 14.2. The summed E-state index contributed by atoms with van der Waals surface area (Å²) in [5, 5.41) is 10.3. The summed E-state index contributed by atoms with van der Waals surface area (Å²) in [5.74, 6) is 1.88. The lowest BCUT2D eigenvalue weighted by Gasteiger charge is -2.50. The molecule has 3 rings (SSSR count). The zero-order valence-electron chi connectivity index (χ0n) is 23.9.